The van der Waals surface area contributed by atoms with Crippen molar-refractivity contribution in [1.82, 2.24) is 14.3 Å². The highest BCUT2D eigenvalue weighted by atomic mass is 32.2. The Morgan fingerprint density at radius 2 is 1.96 bits per heavy atom. The molecule has 26 heavy (non-hydrogen) atoms. The number of benzene rings is 2. The lowest BCUT2D eigenvalue weighted by molar-refractivity contribution is 0.0600. The predicted octanol–water partition coefficient (Wildman–Crippen LogP) is 2.14. The third kappa shape index (κ3) is 3.98. The minimum atomic E-state index is -3.75. The summed E-state index contributed by atoms with van der Waals surface area (Å²) >= 11 is 0. The lowest BCUT2D eigenvalue weighted by Gasteiger charge is -2.09. The minimum Gasteiger partial charge on any atom is -0.465 e. The van der Waals surface area contributed by atoms with Crippen LogP contribution < -0.4 is 4.72 Å². The highest BCUT2D eigenvalue weighted by Gasteiger charge is 2.16. The number of methoxy groups -OCH3 is 1. The molecular weight excluding hydrogens is 354 g/mol. The molecule has 0 spiro atoms. The van der Waals surface area contributed by atoms with Gasteiger partial charge in [-0.2, -0.15) is 0 Å². The molecular formula is C18H17N3O4S. The van der Waals surface area contributed by atoms with E-state index in [1.807, 2.05) is 35.0 Å². The van der Waals surface area contributed by atoms with Gasteiger partial charge < -0.3 is 9.30 Å². The first-order chi connectivity index (χ1) is 12.5. The lowest BCUT2D eigenvalue weighted by Crippen LogP contribution is -2.23. The van der Waals surface area contributed by atoms with Gasteiger partial charge in [0.25, 0.3) is 0 Å². The second kappa shape index (κ2) is 7.51. The zero-order chi connectivity index (χ0) is 18.6. The number of imidazole rings is 1. The number of carbonyl (C=O) groups is 1. The molecule has 3 aromatic rings. The molecule has 1 aromatic heterocycles. The summed E-state index contributed by atoms with van der Waals surface area (Å²) in [4.78, 5) is 15.6. The first-order valence-corrected chi connectivity index (χ1v) is 9.23. The first kappa shape index (κ1) is 17.8. The van der Waals surface area contributed by atoms with Crippen LogP contribution in [0, 0.1) is 0 Å². The van der Waals surface area contributed by atoms with Gasteiger partial charge in [0.05, 0.1) is 23.9 Å². The van der Waals surface area contributed by atoms with Crippen LogP contribution in [0.25, 0.3) is 5.69 Å². The van der Waals surface area contributed by atoms with Gasteiger partial charge in [-0.1, -0.05) is 18.2 Å². The van der Waals surface area contributed by atoms with Crippen molar-refractivity contribution >= 4 is 16.0 Å². The van der Waals surface area contributed by atoms with Crippen molar-refractivity contribution in [3.63, 3.8) is 0 Å². The van der Waals surface area contributed by atoms with Crippen LogP contribution >= 0.6 is 0 Å². The fraction of sp³-hybridized carbons (Fsp3) is 0.111. The smallest absolute Gasteiger partial charge is 0.337 e. The van der Waals surface area contributed by atoms with Crippen LogP contribution in [0.3, 0.4) is 0 Å². The molecule has 0 saturated carbocycles. The summed E-state index contributed by atoms with van der Waals surface area (Å²) in [6.45, 7) is 0.134. The summed E-state index contributed by atoms with van der Waals surface area (Å²) in [5, 5.41) is 0. The van der Waals surface area contributed by atoms with Crippen molar-refractivity contribution in [2.75, 3.05) is 7.11 Å². The molecule has 0 unspecified atom stereocenters. The molecule has 0 aliphatic carbocycles. The number of hydrogen-bond donors (Lipinski definition) is 1. The molecule has 0 fully saturated rings. The van der Waals surface area contributed by atoms with Crippen LogP contribution in [0.1, 0.15) is 15.9 Å². The number of carbonyl (C=O) groups excluding carboxylic acids is 1. The Labute approximate surface area is 151 Å². The van der Waals surface area contributed by atoms with Crippen LogP contribution in [-0.4, -0.2) is 31.0 Å². The molecule has 0 saturated heterocycles. The van der Waals surface area contributed by atoms with E-state index in [1.165, 1.54) is 31.4 Å². The van der Waals surface area contributed by atoms with Crippen molar-refractivity contribution < 1.29 is 17.9 Å². The highest BCUT2D eigenvalue weighted by Crippen LogP contribution is 2.14. The minimum absolute atomic E-state index is 0.00966. The molecule has 1 N–H and O–H groups in total. The van der Waals surface area contributed by atoms with Gasteiger partial charge in [-0.15, -0.1) is 0 Å². The van der Waals surface area contributed by atoms with E-state index in [0.29, 0.717) is 0 Å². The molecule has 0 radical (unpaired) electrons. The Hall–Kier alpha value is -2.97. The number of rotatable bonds is 6. The maximum atomic E-state index is 12.4. The molecule has 2 aromatic carbocycles. The van der Waals surface area contributed by atoms with E-state index in [9.17, 15) is 13.2 Å². The number of nitrogens with zero attached hydrogens (tertiary/aromatic N) is 2. The topological polar surface area (TPSA) is 90.3 Å². The van der Waals surface area contributed by atoms with E-state index in [1.54, 1.807) is 12.5 Å². The summed E-state index contributed by atoms with van der Waals surface area (Å²) in [7, 11) is -2.50. The van der Waals surface area contributed by atoms with Crippen molar-refractivity contribution in [1.29, 1.82) is 0 Å². The van der Waals surface area contributed by atoms with Gasteiger partial charge in [0.15, 0.2) is 0 Å². The normalized spacial score (nSPS) is 11.3. The van der Waals surface area contributed by atoms with Gasteiger partial charge in [-0.3, -0.25) is 0 Å². The molecule has 0 atom stereocenters. The van der Waals surface area contributed by atoms with E-state index in [2.05, 4.69) is 14.4 Å². The quantitative estimate of drug-likeness (QED) is 0.671. The summed E-state index contributed by atoms with van der Waals surface area (Å²) < 4.78 is 33.9. The Balaban J connectivity index is 1.71. The largest absolute Gasteiger partial charge is 0.465 e. The molecule has 7 nitrogen and oxygen atoms in total. The molecule has 0 aliphatic rings. The monoisotopic (exact) mass is 371 g/mol. The Kier molecular flexibility index (Phi) is 5.15. The molecule has 134 valence electrons. The Morgan fingerprint density at radius 3 is 2.62 bits per heavy atom. The maximum Gasteiger partial charge on any atom is 0.337 e. The fourth-order valence-electron chi connectivity index (χ4n) is 2.37. The van der Waals surface area contributed by atoms with Gasteiger partial charge in [-0.05, 0) is 35.9 Å². The average Bonchev–Trinajstić information content (AvgIpc) is 3.21. The Bertz CT molecular complexity index is 997. The highest BCUT2D eigenvalue weighted by molar-refractivity contribution is 7.89. The number of nitrogens with one attached hydrogen (secondary N) is 1. The number of esters is 1. The lowest BCUT2D eigenvalue weighted by atomic mass is 10.2. The molecule has 0 amide bonds. The van der Waals surface area contributed by atoms with Crippen LogP contribution in [0.2, 0.25) is 0 Å². The summed E-state index contributed by atoms with van der Waals surface area (Å²) in [6.07, 6.45) is 5.20. The van der Waals surface area contributed by atoms with Gasteiger partial charge in [0, 0.05) is 24.6 Å². The third-order valence-electron chi connectivity index (χ3n) is 3.77. The van der Waals surface area contributed by atoms with Gasteiger partial charge >= 0.3 is 5.97 Å². The first-order valence-electron chi connectivity index (χ1n) is 7.75. The third-order valence-corrected chi connectivity index (χ3v) is 5.17. The van der Waals surface area contributed by atoms with Crippen molar-refractivity contribution in [3.05, 3.63) is 78.4 Å². The molecule has 1 heterocycles. The molecule has 0 aliphatic heterocycles. The zero-order valence-corrected chi connectivity index (χ0v) is 14.8. The van der Waals surface area contributed by atoms with Crippen molar-refractivity contribution in [2.45, 2.75) is 11.4 Å². The number of ether oxygens (including phenoxy) is 1. The van der Waals surface area contributed by atoms with Gasteiger partial charge in [0.1, 0.15) is 0 Å². The summed E-state index contributed by atoms with van der Waals surface area (Å²) in [6, 6.07) is 13.1. The zero-order valence-electron chi connectivity index (χ0n) is 14.0. The van der Waals surface area contributed by atoms with E-state index < -0.39 is 16.0 Å². The van der Waals surface area contributed by atoms with Gasteiger partial charge in [-0.25, -0.2) is 22.9 Å². The predicted molar refractivity (Wildman–Crippen MR) is 95.4 cm³/mol. The average molecular weight is 371 g/mol. The van der Waals surface area contributed by atoms with Crippen LogP contribution in [0.15, 0.2) is 72.1 Å². The van der Waals surface area contributed by atoms with Crippen LogP contribution in [0.5, 0.6) is 0 Å². The number of sulfonamides is 1. The molecule has 3 rings (SSSR count). The van der Waals surface area contributed by atoms with E-state index in [4.69, 9.17) is 0 Å². The molecule has 0 bridgehead atoms. The van der Waals surface area contributed by atoms with Crippen molar-refractivity contribution in [2.24, 2.45) is 0 Å². The second-order valence-corrected chi connectivity index (χ2v) is 7.25. The van der Waals surface area contributed by atoms with Crippen molar-refractivity contribution in [3.8, 4) is 5.69 Å². The second-order valence-electron chi connectivity index (χ2n) is 5.48. The van der Waals surface area contributed by atoms with E-state index >= 15 is 0 Å². The summed E-state index contributed by atoms with van der Waals surface area (Å²) in [5.41, 5.74) is 1.92. The van der Waals surface area contributed by atoms with E-state index in [0.717, 1.165) is 11.3 Å². The van der Waals surface area contributed by atoms with Gasteiger partial charge in [0.2, 0.25) is 10.0 Å². The standard InChI is InChI=1S/C18H17N3O4S/c1-25-18(22)15-3-2-4-17(11-15)26(23,24)20-12-14-5-7-16(8-6-14)21-10-9-19-13-21/h2-11,13,20H,12H2,1H3. The van der Waals surface area contributed by atoms with Crippen LogP contribution in [-0.2, 0) is 21.3 Å². The molecule has 8 heteroatoms. The van der Waals surface area contributed by atoms with Crippen LogP contribution in [0.4, 0.5) is 0 Å². The fourth-order valence-corrected chi connectivity index (χ4v) is 3.43. The summed E-state index contributed by atoms with van der Waals surface area (Å²) in [5.74, 6) is -0.586. The Morgan fingerprint density at radius 1 is 1.19 bits per heavy atom. The van der Waals surface area contributed by atoms with E-state index in [-0.39, 0.29) is 17.0 Å². The number of hydrogen-bond acceptors (Lipinski definition) is 5. The SMILES string of the molecule is COC(=O)c1cccc(S(=O)(=O)NCc2ccc(-n3ccnc3)cc2)c1. The number of aromatic nitrogens is 2. The maximum absolute atomic E-state index is 12.4.